The van der Waals surface area contributed by atoms with Crippen molar-refractivity contribution in [3.05, 3.63) is 0 Å². The van der Waals surface area contributed by atoms with Crippen molar-refractivity contribution in [1.29, 1.82) is 0 Å². The molecule has 0 heterocycles. The number of rotatable bonds is 6. The zero-order chi connectivity index (χ0) is 16.2. The van der Waals surface area contributed by atoms with Gasteiger partial charge in [0.1, 0.15) is 5.54 Å². The van der Waals surface area contributed by atoms with E-state index in [0.717, 1.165) is 6.42 Å². The summed E-state index contributed by atoms with van der Waals surface area (Å²) in [7, 11) is 0. The van der Waals surface area contributed by atoms with Crippen molar-refractivity contribution < 1.29 is 19.5 Å². The SMILES string of the molecule is C[C@@H]1CC[C@@H](CNC(=O)[C@@H](N)CC(N)=O)[C@@](N)(C(=O)O)C1. The van der Waals surface area contributed by atoms with E-state index in [9.17, 15) is 19.5 Å². The molecule has 21 heavy (non-hydrogen) atoms. The van der Waals surface area contributed by atoms with E-state index < -0.39 is 29.4 Å². The average Bonchev–Trinajstić information content (AvgIpc) is 2.36. The van der Waals surface area contributed by atoms with Crippen LogP contribution in [0.5, 0.6) is 0 Å². The molecule has 4 atom stereocenters. The standard InChI is InChI=1S/C13H24N4O4/c1-7-2-3-8(13(16,5-7)12(20)21)6-17-11(19)9(14)4-10(15)18/h7-9H,2-6,14,16H2,1H3,(H2,15,18)(H,17,19)(H,20,21)/t7-,8+,9+,13-/m1/s1. The van der Waals surface area contributed by atoms with Gasteiger partial charge in [0, 0.05) is 12.5 Å². The van der Waals surface area contributed by atoms with Gasteiger partial charge in [-0.05, 0) is 18.8 Å². The Kier molecular flexibility index (Phi) is 5.68. The molecule has 0 spiro atoms. The highest BCUT2D eigenvalue weighted by Crippen LogP contribution is 2.35. The van der Waals surface area contributed by atoms with Crippen LogP contribution in [0.25, 0.3) is 0 Å². The Hall–Kier alpha value is -1.67. The Morgan fingerprint density at radius 1 is 1.38 bits per heavy atom. The number of carboxylic acids is 1. The largest absolute Gasteiger partial charge is 0.480 e. The first-order valence-electron chi connectivity index (χ1n) is 7.00. The van der Waals surface area contributed by atoms with Crippen LogP contribution in [0.1, 0.15) is 32.6 Å². The van der Waals surface area contributed by atoms with E-state index in [1.807, 2.05) is 6.92 Å². The van der Waals surface area contributed by atoms with Crippen LogP contribution in [0.3, 0.4) is 0 Å². The van der Waals surface area contributed by atoms with E-state index in [1.54, 1.807) is 0 Å². The molecule has 8 heteroatoms. The molecule has 1 aliphatic rings. The fourth-order valence-electron chi connectivity index (χ4n) is 2.80. The molecule has 0 aromatic heterocycles. The number of amides is 2. The highest BCUT2D eigenvalue weighted by molar-refractivity contribution is 5.87. The van der Waals surface area contributed by atoms with Crippen molar-refractivity contribution in [1.82, 2.24) is 5.32 Å². The zero-order valence-electron chi connectivity index (χ0n) is 12.2. The van der Waals surface area contributed by atoms with E-state index in [1.165, 1.54) is 0 Å². The van der Waals surface area contributed by atoms with Crippen LogP contribution in [0.4, 0.5) is 0 Å². The van der Waals surface area contributed by atoms with Crippen LogP contribution in [-0.4, -0.2) is 41.0 Å². The van der Waals surface area contributed by atoms with Gasteiger partial charge in [0.25, 0.3) is 0 Å². The van der Waals surface area contributed by atoms with Crippen molar-refractivity contribution in [2.75, 3.05) is 6.54 Å². The van der Waals surface area contributed by atoms with Crippen molar-refractivity contribution in [2.45, 2.75) is 44.2 Å². The van der Waals surface area contributed by atoms with Crippen LogP contribution >= 0.6 is 0 Å². The van der Waals surface area contributed by atoms with Gasteiger partial charge in [0.15, 0.2) is 0 Å². The van der Waals surface area contributed by atoms with Gasteiger partial charge in [-0.3, -0.25) is 14.4 Å². The van der Waals surface area contributed by atoms with Crippen LogP contribution in [0.2, 0.25) is 0 Å². The van der Waals surface area contributed by atoms with E-state index in [4.69, 9.17) is 17.2 Å². The summed E-state index contributed by atoms with van der Waals surface area (Å²) < 4.78 is 0. The smallest absolute Gasteiger partial charge is 0.324 e. The Morgan fingerprint density at radius 2 is 2.00 bits per heavy atom. The maximum atomic E-state index is 11.7. The molecular weight excluding hydrogens is 276 g/mol. The summed E-state index contributed by atoms with van der Waals surface area (Å²) in [6.07, 6.45) is 1.60. The van der Waals surface area contributed by atoms with E-state index >= 15 is 0 Å². The Morgan fingerprint density at radius 3 is 2.52 bits per heavy atom. The van der Waals surface area contributed by atoms with E-state index in [2.05, 4.69) is 5.32 Å². The van der Waals surface area contributed by atoms with E-state index in [0.29, 0.717) is 12.8 Å². The third-order valence-corrected chi connectivity index (χ3v) is 4.10. The first-order valence-corrected chi connectivity index (χ1v) is 7.00. The summed E-state index contributed by atoms with van der Waals surface area (Å²) in [6, 6.07) is -1.03. The highest BCUT2D eigenvalue weighted by atomic mass is 16.4. The molecule has 1 saturated carbocycles. The van der Waals surface area contributed by atoms with Crippen molar-refractivity contribution in [2.24, 2.45) is 29.0 Å². The number of aliphatic carboxylic acids is 1. The van der Waals surface area contributed by atoms with Gasteiger partial charge < -0.3 is 27.6 Å². The molecule has 1 rings (SSSR count). The second-order valence-corrected chi connectivity index (χ2v) is 5.95. The monoisotopic (exact) mass is 300 g/mol. The normalized spacial score (nSPS) is 30.4. The van der Waals surface area contributed by atoms with Crippen molar-refractivity contribution in [3.8, 4) is 0 Å². The summed E-state index contributed by atoms with van der Waals surface area (Å²) in [6.45, 7) is 2.09. The quantitative estimate of drug-likeness (QED) is 0.402. The number of carbonyl (C=O) groups excluding carboxylic acids is 2. The van der Waals surface area contributed by atoms with Gasteiger partial charge in [0.2, 0.25) is 11.8 Å². The Bertz CT molecular complexity index is 428. The first kappa shape index (κ1) is 17.4. The number of hydrogen-bond acceptors (Lipinski definition) is 5. The predicted octanol–water partition coefficient (Wildman–Crippen LogP) is -1.48. The van der Waals surface area contributed by atoms with Crippen LogP contribution in [0.15, 0.2) is 0 Å². The van der Waals surface area contributed by atoms with Crippen molar-refractivity contribution in [3.63, 3.8) is 0 Å². The van der Waals surface area contributed by atoms with Gasteiger partial charge in [-0.15, -0.1) is 0 Å². The molecule has 0 saturated heterocycles. The van der Waals surface area contributed by atoms with Gasteiger partial charge in [-0.1, -0.05) is 13.3 Å². The lowest BCUT2D eigenvalue weighted by Crippen LogP contribution is -2.60. The summed E-state index contributed by atoms with van der Waals surface area (Å²) in [5, 5.41) is 11.9. The van der Waals surface area contributed by atoms with Gasteiger partial charge >= 0.3 is 5.97 Å². The minimum absolute atomic E-state index is 0.126. The lowest BCUT2D eigenvalue weighted by Gasteiger charge is -2.40. The second-order valence-electron chi connectivity index (χ2n) is 5.95. The number of hydrogen-bond donors (Lipinski definition) is 5. The third kappa shape index (κ3) is 4.40. The molecule has 0 radical (unpaired) electrons. The van der Waals surface area contributed by atoms with Crippen LogP contribution < -0.4 is 22.5 Å². The number of primary amides is 1. The first-order chi connectivity index (χ1) is 9.66. The zero-order valence-corrected chi connectivity index (χ0v) is 12.2. The number of carbonyl (C=O) groups is 3. The molecule has 1 aliphatic carbocycles. The second kappa shape index (κ2) is 6.86. The molecule has 0 aromatic carbocycles. The Balaban J connectivity index is 2.62. The maximum Gasteiger partial charge on any atom is 0.324 e. The minimum atomic E-state index is -1.35. The molecule has 1 fully saturated rings. The molecule has 120 valence electrons. The highest BCUT2D eigenvalue weighted by Gasteiger charge is 2.46. The van der Waals surface area contributed by atoms with Crippen LogP contribution in [0, 0.1) is 11.8 Å². The van der Waals surface area contributed by atoms with E-state index in [-0.39, 0.29) is 24.8 Å². The number of nitrogens with two attached hydrogens (primary N) is 3. The molecule has 0 bridgehead atoms. The van der Waals surface area contributed by atoms with Gasteiger partial charge in [-0.2, -0.15) is 0 Å². The fourth-order valence-corrected chi connectivity index (χ4v) is 2.80. The van der Waals surface area contributed by atoms with Gasteiger partial charge in [-0.25, -0.2) is 0 Å². The van der Waals surface area contributed by atoms with Crippen molar-refractivity contribution >= 4 is 17.8 Å². The molecule has 0 aliphatic heterocycles. The summed E-state index contributed by atoms with van der Waals surface area (Å²) in [5.74, 6) is -2.39. The minimum Gasteiger partial charge on any atom is -0.480 e. The average molecular weight is 300 g/mol. The molecule has 8 N–H and O–H groups in total. The number of carboxylic acid groups (broad SMARTS) is 1. The van der Waals surface area contributed by atoms with Crippen LogP contribution in [-0.2, 0) is 14.4 Å². The summed E-state index contributed by atoms with van der Waals surface area (Å²) in [5.41, 5.74) is 15.2. The fraction of sp³-hybridized carbons (Fsp3) is 0.769. The lowest BCUT2D eigenvalue weighted by atomic mass is 9.69. The number of nitrogens with one attached hydrogen (secondary N) is 1. The maximum absolute atomic E-state index is 11.7. The topological polar surface area (TPSA) is 162 Å². The summed E-state index contributed by atoms with van der Waals surface area (Å²) >= 11 is 0. The molecule has 8 nitrogen and oxygen atoms in total. The lowest BCUT2D eigenvalue weighted by molar-refractivity contribution is -0.148. The predicted molar refractivity (Wildman–Crippen MR) is 75.9 cm³/mol. The third-order valence-electron chi connectivity index (χ3n) is 4.10. The molecule has 2 amide bonds. The Labute approximate surface area is 123 Å². The molecule has 0 unspecified atom stereocenters. The molecule has 0 aromatic rings. The van der Waals surface area contributed by atoms with Gasteiger partial charge in [0.05, 0.1) is 12.5 Å². The summed E-state index contributed by atoms with van der Waals surface area (Å²) in [4.78, 5) is 33.9. The molecular formula is C13H24N4O4.